The lowest BCUT2D eigenvalue weighted by atomic mass is 10.1. The number of nitrogens with zero attached hydrogens (tertiary/aromatic N) is 2. The van der Waals surface area contributed by atoms with Crippen molar-refractivity contribution in [3.8, 4) is 0 Å². The van der Waals surface area contributed by atoms with Gasteiger partial charge in [-0.1, -0.05) is 17.3 Å². The summed E-state index contributed by atoms with van der Waals surface area (Å²) in [6.07, 6.45) is 1.63. The van der Waals surface area contributed by atoms with E-state index in [2.05, 4.69) is 15.5 Å². The number of aryl methyl sites for hydroxylation is 1. The Morgan fingerprint density at radius 1 is 1.50 bits per heavy atom. The van der Waals surface area contributed by atoms with Crippen LogP contribution in [0, 0.1) is 12.7 Å². The van der Waals surface area contributed by atoms with Crippen molar-refractivity contribution in [3.63, 3.8) is 0 Å². The second kappa shape index (κ2) is 6.16. The van der Waals surface area contributed by atoms with Gasteiger partial charge in [0.25, 0.3) is 0 Å². The fourth-order valence-electron chi connectivity index (χ4n) is 1.70. The van der Waals surface area contributed by atoms with Crippen LogP contribution in [0.2, 0.25) is 0 Å². The summed E-state index contributed by atoms with van der Waals surface area (Å²) in [4.78, 5) is 4.03. The van der Waals surface area contributed by atoms with Crippen LogP contribution >= 0.6 is 0 Å². The maximum atomic E-state index is 13.8. The van der Waals surface area contributed by atoms with Crippen molar-refractivity contribution in [2.45, 2.75) is 20.0 Å². The van der Waals surface area contributed by atoms with Crippen molar-refractivity contribution < 1.29 is 14.0 Å². The molecule has 0 unspecified atom stereocenters. The van der Waals surface area contributed by atoms with Gasteiger partial charge in [-0.3, -0.25) is 0 Å². The molecule has 0 atom stereocenters. The van der Waals surface area contributed by atoms with E-state index in [9.17, 15) is 4.39 Å². The van der Waals surface area contributed by atoms with E-state index >= 15 is 0 Å². The van der Waals surface area contributed by atoms with E-state index < -0.39 is 5.82 Å². The molecule has 0 saturated carbocycles. The number of oxazole rings is 1. The summed E-state index contributed by atoms with van der Waals surface area (Å²) in [6.45, 7) is 2.54. The van der Waals surface area contributed by atoms with Crippen molar-refractivity contribution in [1.29, 1.82) is 0 Å². The maximum absolute atomic E-state index is 13.8. The summed E-state index contributed by atoms with van der Waals surface area (Å²) in [5.41, 5.74) is 6.19. The number of aromatic nitrogens is 1. The molecule has 0 bridgehead atoms. The van der Waals surface area contributed by atoms with Crippen LogP contribution in [0.3, 0.4) is 0 Å². The molecule has 0 fully saturated rings. The van der Waals surface area contributed by atoms with E-state index in [1.165, 1.54) is 6.07 Å². The molecule has 0 aliphatic heterocycles. The van der Waals surface area contributed by atoms with E-state index in [-0.39, 0.29) is 5.84 Å². The van der Waals surface area contributed by atoms with Crippen LogP contribution in [0.1, 0.15) is 22.8 Å². The molecule has 106 valence electrons. The van der Waals surface area contributed by atoms with Gasteiger partial charge in [0, 0.05) is 17.7 Å². The molecule has 1 aromatic heterocycles. The number of hydrogen-bond donors (Lipinski definition) is 3. The Morgan fingerprint density at radius 2 is 2.30 bits per heavy atom. The largest absolute Gasteiger partial charge is 0.445 e. The van der Waals surface area contributed by atoms with Crippen LogP contribution in [0.4, 0.5) is 4.39 Å². The molecular formula is C13H15FN4O2. The molecule has 0 aliphatic rings. The number of rotatable bonds is 5. The lowest BCUT2D eigenvalue weighted by molar-refractivity contribution is 0.318. The topological polar surface area (TPSA) is 96.7 Å². The zero-order valence-electron chi connectivity index (χ0n) is 10.9. The van der Waals surface area contributed by atoms with E-state index in [0.29, 0.717) is 30.1 Å². The highest BCUT2D eigenvalue weighted by molar-refractivity contribution is 5.97. The van der Waals surface area contributed by atoms with E-state index in [0.717, 1.165) is 5.76 Å². The van der Waals surface area contributed by atoms with Gasteiger partial charge in [0.1, 0.15) is 11.6 Å². The van der Waals surface area contributed by atoms with Crippen LogP contribution < -0.4 is 11.1 Å². The molecule has 1 heterocycles. The molecule has 0 radical (unpaired) electrons. The van der Waals surface area contributed by atoms with Gasteiger partial charge >= 0.3 is 0 Å². The molecule has 0 aliphatic carbocycles. The standard InChI is InChI=1S/C13H15FN4O2/c1-8-5-17-12(20-8)7-16-6-10-3-2-9(4-11(10)14)13(15)18-19/h2-5,16,19H,6-7H2,1H3,(H2,15,18). The Labute approximate surface area is 115 Å². The SMILES string of the molecule is Cc1cnc(CNCc2ccc(/C(N)=N/O)cc2F)o1. The zero-order chi connectivity index (χ0) is 14.5. The summed E-state index contributed by atoms with van der Waals surface area (Å²) < 4.78 is 19.1. The zero-order valence-corrected chi connectivity index (χ0v) is 10.9. The highest BCUT2D eigenvalue weighted by Crippen LogP contribution is 2.11. The first kappa shape index (κ1) is 14.0. The van der Waals surface area contributed by atoms with Crippen LogP contribution in [0.15, 0.2) is 34.0 Å². The number of nitrogens with two attached hydrogens (primary N) is 1. The van der Waals surface area contributed by atoms with Gasteiger partial charge < -0.3 is 20.7 Å². The molecular weight excluding hydrogens is 263 g/mol. The fourth-order valence-corrected chi connectivity index (χ4v) is 1.70. The minimum absolute atomic E-state index is 0.126. The highest BCUT2D eigenvalue weighted by atomic mass is 19.1. The fraction of sp³-hybridized carbons (Fsp3) is 0.231. The molecule has 0 saturated heterocycles. The number of nitrogens with one attached hydrogen (secondary N) is 1. The van der Waals surface area contributed by atoms with Crippen LogP contribution in [-0.2, 0) is 13.1 Å². The summed E-state index contributed by atoms with van der Waals surface area (Å²) >= 11 is 0. The Hall–Kier alpha value is -2.41. The summed E-state index contributed by atoms with van der Waals surface area (Å²) in [6, 6.07) is 4.39. The average Bonchev–Trinajstić information content (AvgIpc) is 2.85. The summed E-state index contributed by atoms with van der Waals surface area (Å²) in [7, 11) is 0. The number of halogens is 1. The first-order valence-electron chi connectivity index (χ1n) is 5.98. The summed E-state index contributed by atoms with van der Waals surface area (Å²) in [5.74, 6) is 0.733. The van der Waals surface area contributed by atoms with Crippen molar-refractivity contribution in [3.05, 3.63) is 53.0 Å². The molecule has 20 heavy (non-hydrogen) atoms. The van der Waals surface area contributed by atoms with Gasteiger partial charge in [-0.25, -0.2) is 9.37 Å². The van der Waals surface area contributed by atoms with Crippen LogP contribution in [0.5, 0.6) is 0 Å². The minimum Gasteiger partial charge on any atom is -0.445 e. The predicted molar refractivity (Wildman–Crippen MR) is 70.7 cm³/mol. The van der Waals surface area contributed by atoms with Crippen molar-refractivity contribution in [2.24, 2.45) is 10.9 Å². The normalized spacial score (nSPS) is 11.8. The number of hydrogen-bond acceptors (Lipinski definition) is 5. The average molecular weight is 278 g/mol. The second-order valence-electron chi connectivity index (χ2n) is 4.26. The lowest BCUT2D eigenvalue weighted by Crippen LogP contribution is -2.16. The van der Waals surface area contributed by atoms with Crippen molar-refractivity contribution >= 4 is 5.84 Å². The third kappa shape index (κ3) is 3.33. The van der Waals surface area contributed by atoms with Gasteiger partial charge in [0.05, 0.1) is 12.7 Å². The number of oxime groups is 1. The van der Waals surface area contributed by atoms with E-state index in [4.69, 9.17) is 15.4 Å². The Kier molecular flexibility index (Phi) is 4.31. The lowest BCUT2D eigenvalue weighted by Gasteiger charge is -2.06. The molecule has 1 aromatic carbocycles. The first-order chi connectivity index (χ1) is 9.60. The van der Waals surface area contributed by atoms with E-state index in [1.807, 2.05) is 6.92 Å². The van der Waals surface area contributed by atoms with Gasteiger partial charge in [-0.2, -0.15) is 0 Å². The monoisotopic (exact) mass is 278 g/mol. The van der Waals surface area contributed by atoms with Gasteiger partial charge in [0.2, 0.25) is 5.89 Å². The van der Waals surface area contributed by atoms with Crippen LogP contribution in [-0.4, -0.2) is 16.0 Å². The van der Waals surface area contributed by atoms with Gasteiger partial charge in [-0.15, -0.1) is 0 Å². The van der Waals surface area contributed by atoms with Crippen molar-refractivity contribution in [2.75, 3.05) is 0 Å². The minimum atomic E-state index is -0.426. The van der Waals surface area contributed by atoms with Gasteiger partial charge in [-0.05, 0) is 13.0 Å². The Balaban J connectivity index is 1.96. The van der Waals surface area contributed by atoms with E-state index in [1.54, 1.807) is 18.3 Å². The predicted octanol–water partition coefficient (Wildman–Crippen LogP) is 1.51. The van der Waals surface area contributed by atoms with Crippen molar-refractivity contribution in [1.82, 2.24) is 10.3 Å². The molecule has 6 nitrogen and oxygen atoms in total. The summed E-state index contributed by atoms with van der Waals surface area (Å²) in [5, 5.41) is 14.4. The maximum Gasteiger partial charge on any atom is 0.208 e. The molecule has 2 aromatic rings. The highest BCUT2D eigenvalue weighted by Gasteiger charge is 2.07. The molecule has 0 amide bonds. The smallest absolute Gasteiger partial charge is 0.208 e. The molecule has 2 rings (SSSR count). The number of benzene rings is 1. The Bertz CT molecular complexity index is 625. The number of amidine groups is 1. The van der Waals surface area contributed by atoms with Gasteiger partial charge in [0.15, 0.2) is 5.84 Å². The van der Waals surface area contributed by atoms with Crippen LogP contribution in [0.25, 0.3) is 0 Å². The quantitative estimate of drug-likeness (QED) is 0.333. The molecule has 4 N–H and O–H groups in total. The Morgan fingerprint density at radius 3 is 2.90 bits per heavy atom. The first-order valence-corrected chi connectivity index (χ1v) is 5.98. The molecule has 7 heteroatoms. The third-order valence-corrected chi connectivity index (χ3v) is 2.72. The third-order valence-electron chi connectivity index (χ3n) is 2.72. The second-order valence-corrected chi connectivity index (χ2v) is 4.26. The molecule has 0 spiro atoms.